The van der Waals surface area contributed by atoms with Crippen LogP contribution in [0.15, 0.2) is 42.5 Å². The first-order valence-electron chi connectivity index (χ1n) is 8.06. The van der Waals surface area contributed by atoms with Crippen LogP contribution >= 0.6 is 0 Å². The highest BCUT2D eigenvalue weighted by Gasteiger charge is 2.42. The van der Waals surface area contributed by atoms with E-state index in [9.17, 15) is 9.18 Å². The first kappa shape index (κ1) is 16.3. The van der Waals surface area contributed by atoms with Gasteiger partial charge in [0.1, 0.15) is 11.6 Å². The number of hydrogen-bond acceptors (Lipinski definition) is 3. The summed E-state index contributed by atoms with van der Waals surface area (Å²) in [6.07, 6.45) is 3.48. The zero-order valence-electron chi connectivity index (χ0n) is 13.6. The van der Waals surface area contributed by atoms with Gasteiger partial charge in [-0.1, -0.05) is 25.0 Å². The summed E-state index contributed by atoms with van der Waals surface area (Å²) in [6, 6.07) is 11.4. The average molecular weight is 328 g/mol. The van der Waals surface area contributed by atoms with Gasteiger partial charge in [0.25, 0.3) is 0 Å². The van der Waals surface area contributed by atoms with Crippen LogP contribution in [0, 0.1) is 5.82 Å². The summed E-state index contributed by atoms with van der Waals surface area (Å²) in [4.78, 5) is 13.0. The molecule has 4 nitrogen and oxygen atoms in total. The number of benzene rings is 2. The van der Waals surface area contributed by atoms with Gasteiger partial charge in [0.05, 0.1) is 18.2 Å². The zero-order chi connectivity index (χ0) is 17.2. The van der Waals surface area contributed by atoms with Gasteiger partial charge < -0.3 is 15.8 Å². The van der Waals surface area contributed by atoms with Crippen LogP contribution in [0.3, 0.4) is 0 Å². The summed E-state index contributed by atoms with van der Waals surface area (Å²) < 4.78 is 18.4. The molecule has 1 aliphatic carbocycles. The number of nitrogens with one attached hydrogen (secondary N) is 1. The fraction of sp³-hybridized carbons (Fsp3) is 0.316. The van der Waals surface area contributed by atoms with Crippen LogP contribution in [-0.2, 0) is 10.2 Å². The number of hydrogen-bond donors (Lipinski definition) is 2. The number of halogens is 1. The molecule has 0 saturated heterocycles. The number of rotatable bonds is 4. The van der Waals surface area contributed by atoms with E-state index >= 15 is 0 Å². The minimum atomic E-state index is -0.609. The highest BCUT2D eigenvalue weighted by molar-refractivity contribution is 5.99. The van der Waals surface area contributed by atoms with E-state index < -0.39 is 5.41 Å². The summed E-state index contributed by atoms with van der Waals surface area (Å²) in [5.74, 6) is 0.202. The Morgan fingerprint density at radius 2 is 1.83 bits per heavy atom. The second-order valence-corrected chi connectivity index (χ2v) is 6.21. The number of nitrogens with two attached hydrogens (primary N) is 1. The molecule has 5 heteroatoms. The Hall–Kier alpha value is -2.56. The van der Waals surface area contributed by atoms with E-state index in [1.807, 2.05) is 0 Å². The van der Waals surface area contributed by atoms with Crippen LogP contribution in [0.25, 0.3) is 0 Å². The lowest BCUT2D eigenvalue weighted by atomic mass is 9.78. The van der Waals surface area contributed by atoms with E-state index in [1.54, 1.807) is 37.4 Å². The molecule has 1 amide bonds. The Labute approximate surface area is 140 Å². The maximum Gasteiger partial charge on any atom is 0.235 e. The molecular formula is C19H21FN2O2. The maximum absolute atomic E-state index is 13.2. The van der Waals surface area contributed by atoms with Crippen molar-refractivity contribution in [2.45, 2.75) is 31.1 Å². The van der Waals surface area contributed by atoms with Gasteiger partial charge in [0.15, 0.2) is 0 Å². The molecule has 24 heavy (non-hydrogen) atoms. The molecule has 3 N–H and O–H groups in total. The van der Waals surface area contributed by atoms with E-state index in [1.165, 1.54) is 12.1 Å². The van der Waals surface area contributed by atoms with Crippen molar-refractivity contribution in [2.75, 3.05) is 18.2 Å². The molecule has 3 rings (SSSR count). The molecule has 0 aliphatic heterocycles. The lowest BCUT2D eigenvalue weighted by Crippen LogP contribution is -2.38. The highest BCUT2D eigenvalue weighted by atomic mass is 19.1. The van der Waals surface area contributed by atoms with Gasteiger partial charge in [-0.05, 0) is 48.7 Å². The van der Waals surface area contributed by atoms with Crippen LogP contribution in [0.4, 0.5) is 15.8 Å². The summed E-state index contributed by atoms with van der Waals surface area (Å²) in [5, 5.41) is 2.96. The SMILES string of the molecule is COc1ccc(NC(=O)C2(c3ccc(F)cc3)CCCC2)cc1N. The van der Waals surface area contributed by atoms with Crippen LogP contribution in [0.1, 0.15) is 31.2 Å². The minimum absolute atomic E-state index is 0.0730. The second-order valence-electron chi connectivity index (χ2n) is 6.21. The number of carbonyl (C=O) groups is 1. The number of ether oxygens (including phenoxy) is 1. The van der Waals surface area contributed by atoms with Gasteiger partial charge in [-0.3, -0.25) is 4.79 Å². The van der Waals surface area contributed by atoms with E-state index in [0.717, 1.165) is 31.2 Å². The maximum atomic E-state index is 13.2. The first-order valence-corrected chi connectivity index (χ1v) is 8.06. The van der Waals surface area contributed by atoms with E-state index in [4.69, 9.17) is 10.5 Å². The van der Waals surface area contributed by atoms with Crippen LogP contribution < -0.4 is 15.8 Å². The molecular weight excluding hydrogens is 307 g/mol. The van der Waals surface area contributed by atoms with E-state index in [-0.39, 0.29) is 11.7 Å². The summed E-state index contributed by atoms with van der Waals surface area (Å²) >= 11 is 0. The number of nitrogen functional groups attached to an aromatic ring is 1. The average Bonchev–Trinajstić information content (AvgIpc) is 3.07. The molecule has 126 valence electrons. The van der Waals surface area contributed by atoms with Gasteiger partial charge in [-0.25, -0.2) is 4.39 Å². The number of methoxy groups -OCH3 is 1. The molecule has 1 saturated carbocycles. The smallest absolute Gasteiger partial charge is 0.235 e. The van der Waals surface area contributed by atoms with E-state index in [0.29, 0.717) is 17.1 Å². The Kier molecular flexibility index (Phi) is 4.42. The number of amides is 1. The monoisotopic (exact) mass is 328 g/mol. The summed E-state index contributed by atoms with van der Waals surface area (Å²) in [7, 11) is 1.55. The molecule has 0 unspecified atom stereocenters. The molecule has 2 aromatic rings. The van der Waals surface area contributed by atoms with Gasteiger partial charge in [0, 0.05) is 5.69 Å². The van der Waals surface area contributed by atoms with Crippen molar-refractivity contribution in [3.8, 4) is 5.75 Å². The fourth-order valence-corrected chi connectivity index (χ4v) is 3.46. The summed E-state index contributed by atoms with van der Waals surface area (Å²) in [5.41, 5.74) is 7.26. The topological polar surface area (TPSA) is 64.3 Å². The third-order valence-electron chi connectivity index (χ3n) is 4.78. The third kappa shape index (κ3) is 2.94. The van der Waals surface area contributed by atoms with E-state index in [2.05, 4.69) is 5.32 Å². The van der Waals surface area contributed by atoms with Crippen LogP contribution in [0.2, 0.25) is 0 Å². The lowest BCUT2D eigenvalue weighted by molar-refractivity contribution is -0.121. The quantitative estimate of drug-likeness (QED) is 0.838. The Balaban J connectivity index is 1.88. The van der Waals surface area contributed by atoms with Crippen molar-refractivity contribution >= 4 is 17.3 Å². The molecule has 0 bridgehead atoms. The van der Waals surface area contributed by atoms with Crippen molar-refractivity contribution in [1.29, 1.82) is 0 Å². The highest BCUT2D eigenvalue weighted by Crippen LogP contribution is 2.42. The number of carbonyl (C=O) groups excluding carboxylic acids is 1. The normalized spacial score (nSPS) is 15.9. The molecule has 0 radical (unpaired) electrons. The summed E-state index contributed by atoms with van der Waals surface area (Å²) in [6.45, 7) is 0. The van der Waals surface area contributed by atoms with Gasteiger partial charge in [-0.15, -0.1) is 0 Å². The number of anilines is 2. The van der Waals surface area contributed by atoms with Crippen molar-refractivity contribution in [2.24, 2.45) is 0 Å². The van der Waals surface area contributed by atoms with Gasteiger partial charge in [-0.2, -0.15) is 0 Å². The zero-order valence-corrected chi connectivity index (χ0v) is 13.6. The van der Waals surface area contributed by atoms with Gasteiger partial charge >= 0.3 is 0 Å². The Bertz CT molecular complexity index is 738. The van der Waals surface area contributed by atoms with Crippen LogP contribution in [-0.4, -0.2) is 13.0 Å². The lowest BCUT2D eigenvalue weighted by Gasteiger charge is -2.28. The molecule has 1 aliphatic rings. The van der Waals surface area contributed by atoms with Crippen LogP contribution in [0.5, 0.6) is 5.75 Å². The molecule has 0 atom stereocenters. The second kappa shape index (κ2) is 6.51. The third-order valence-corrected chi connectivity index (χ3v) is 4.78. The Morgan fingerprint density at radius 3 is 2.42 bits per heavy atom. The van der Waals surface area contributed by atoms with Crippen molar-refractivity contribution < 1.29 is 13.9 Å². The van der Waals surface area contributed by atoms with Crippen molar-refractivity contribution in [3.05, 3.63) is 53.8 Å². The molecule has 1 fully saturated rings. The van der Waals surface area contributed by atoms with Crippen molar-refractivity contribution in [3.63, 3.8) is 0 Å². The fourth-order valence-electron chi connectivity index (χ4n) is 3.46. The largest absolute Gasteiger partial charge is 0.495 e. The predicted molar refractivity (Wildman–Crippen MR) is 92.6 cm³/mol. The Morgan fingerprint density at radius 1 is 1.17 bits per heavy atom. The predicted octanol–water partition coefficient (Wildman–Crippen LogP) is 3.87. The standard InChI is InChI=1S/C19H21FN2O2/c1-24-17-9-8-15(12-16(17)21)22-18(23)19(10-2-3-11-19)13-4-6-14(20)7-5-13/h4-9,12H,2-3,10-11,21H2,1H3,(H,22,23). The molecule has 2 aromatic carbocycles. The molecule has 0 spiro atoms. The molecule has 0 aromatic heterocycles. The van der Waals surface area contributed by atoms with Crippen molar-refractivity contribution in [1.82, 2.24) is 0 Å². The first-order chi connectivity index (χ1) is 11.5. The minimum Gasteiger partial charge on any atom is -0.495 e. The molecule has 0 heterocycles. The van der Waals surface area contributed by atoms with Gasteiger partial charge in [0.2, 0.25) is 5.91 Å².